The molecule has 1 unspecified atom stereocenters. The second-order valence-corrected chi connectivity index (χ2v) is 6.76. The molecule has 0 saturated heterocycles. The van der Waals surface area contributed by atoms with Crippen molar-refractivity contribution >= 4 is 33.3 Å². The first kappa shape index (κ1) is 13.4. The van der Waals surface area contributed by atoms with Gasteiger partial charge in [0, 0.05) is 29.1 Å². The molecule has 112 valence electrons. The zero-order valence-corrected chi connectivity index (χ0v) is 13.1. The number of aryl methyl sites for hydroxylation is 1. The highest BCUT2D eigenvalue weighted by Crippen LogP contribution is 2.30. The maximum atomic E-state index is 12.0. The van der Waals surface area contributed by atoms with Crippen molar-refractivity contribution in [1.82, 2.24) is 10.3 Å². The number of aromatic nitrogens is 1. The van der Waals surface area contributed by atoms with E-state index in [1.807, 2.05) is 17.5 Å². The van der Waals surface area contributed by atoms with Gasteiger partial charge in [-0.3, -0.25) is 5.32 Å². The number of amides is 2. The fraction of sp³-hybridized carbons (Fsp3) is 0.235. The van der Waals surface area contributed by atoms with E-state index in [0.717, 1.165) is 17.8 Å². The summed E-state index contributed by atoms with van der Waals surface area (Å²) in [4.78, 5) is 15.5. The first-order chi connectivity index (χ1) is 10.7. The summed E-state index contributed by atoms with van der Waals surface area (Å²) in [5.41, 5.74) is 5.06. The van der Waals surface area contributed by atoms with Crippen molar-refractivity contribution in [2.24, 2.45) is 0 Å². The predicted molar refractivity (Wildman–Crippen MR) is 90.7 cm³/mol. The van der Waals surface area contributed by atoms with E-state index in [0.29, 0.717) is 0 Å². The largest absolute Gasteiger partial charge is 0.358 e. The molecule has 0 fully saturated rings. The van der Waals surface area contributed by atoms with E-state index in [2.05, 4.69) is 40.7 Å². The molecule has 0 radical (unpaired) electrons. The van der Waals surface area contributed by atoms with Gasteiger partial charge >= 0.3 is 6.03 Å². The Kier molecular flexibility index (Phi) is 3.15. The van der Waals surface area contributed by atoms with Crippen LogP contribution in [0.5, 0.6) is 0 Å². The zero-order chi connectivity index (χ0) is 15.1. The Bertz CT molecular complexity index is 835. The molecule has 4 nitrogen and oxygen atoms in total. The van der Waals surface area contributed by atoms with Crippen molar-refractivity contribution in [3.63, 3.8) is 0 Å². The fourth-order valence-corrected chi connectivity index (χ4v) is 3.79. The van der Waals surface area contributed by atoms with Gasteiger partial charge in [-0.25, -0.2) is 4.79 Å². The topological polar surface area (TPSA) is 56.9 Å². The molecule has 22 heavy (non-hydrogen) atoms. The van der Waals surface area contributed by atoms with E-state index >= 15 is 0 Å². The molecule has 0 bridgehead atoms. The third-order valence-corrected chi connectivity index (χ3v) is 4.93. The highest BCUT2D eigenvalue weighted by Gasteiger charge is 2.26. The second-order valence-electron chi connectivity index (χ2n) is 5.81. The van der Waals surface area contributed by atoms with Crippen LogP contribution < -0.4 is 10.6 Å². The number of carbonyl (C=O) groups is 1. The van der Waals surface area contributed by atoms with E-state index in [4.69, 9.17) is 0 Å². The fourth-order valence-electron chi connectivity index (χ4n) is 3.17. The van der Waals surface area contributed by atoms with Crippen molar-refractivity contribution in [2.45, 2.75) is 25.8 Å². The molecule has 2 heterocycles. The van der Waals surface area contributed by atoms with E-state index in [-0.39, 0.29) is 12.1 Å². The summed E-state index contributed by atoms with van der Waals surface area (Å²) in [6, 6.07) is 10.3. The summed E-state index contributed by atoms with van der Waals surface area (Å²) >= 11 is 1.52. The Hall–Kier alpha value is -2.27. The van der Waals surface area contributed by atoms with Crippen LogP contribution in [0.1, 0.15) is 16.8 Å². The third kappa shape index (κ3) is 2.37. The zero-order valence-electron chi connectivity index (χ0n) is 12.3. The third-order valence-electron chi connectivity index (χ3n) is 4.14. The minimum atomic E-state index is -0.127. The quantitative estimate of drug-likeness (QED) is 0.662. The number of benzene rings is 1. The minimum absolute atomic E-state index is 0.127. The first-order valence-corrected chi connectivity index (χ1v) is 8.28. The molecule has 1 aliphatic carbocycles. The molecule has 2 amide bonds. The lowest BCUT2D eigenvalue weighted by Gasteiger charge is -2.12. The van der Waals surface area contributed by atoms with Gasteiger partial charge in [-0.1, -0.05) is 11.6 Å². The van der Waals surface area contributed by atoms with Crippen LogP contribution in [-0.2, 0) is 12.8 Å². The smallest absolute Gasteiger partial charge is 0.320 e. The van der Waals surface area contributed by atoms with Gasteiger partial charge in [0.25, 0.3) is 0 Å². The average Bonchev–Trinajstić information content (AvgIpc) is 3.15. The summed E-state index contributed by atoms with van der Waals surface area (Å²) in [6.07, 6.45) is 1.75. The number of hydrogen-bond donors (Lipinski definition) is 3. The average molecular weight is 311 g/mol. The summed E-state index contributed by atoms with van der Waals surface area (Å²) in [6.45, 7) is 2.11. The number of H-pyrrole nitrogens is 1. The van der Waals surface area contributed by atoms with Gasteiger partial charge in [0.2, 0.25) is 0 Å². The van der Waals surface area contributed by atoms with Gasteiger partial charge in [0.15, 0.2) is 0 Å². The number of nitrogens with one attached hydrogen (secondary N) is 3. The van der Waals surface area contributed by atoms with Gasteiger partial charge in [0.05, 0.1) is 5.00 Å². The van der Waals surface area contributed by atoms with Crippen LogP contribution in [0.2, 0.25) is 0 Å². The van der Waals surface area contributed by atoms with Crippen LogP contribution in [0.4, 0.5) is 9.80 Å². The molecule has 1 atom stereocenters. The number of thiophene rings is 1. The maximum Gasteiger partial charge on any atom is 0.320 e. The van der Waals surface area contributed by atoms with E-state index in [9.17, 15) is 4.79 Å². The van der Waals surface area contributed by atoms with E-state index in [1.54, 1.807) is 0 Å². The standard InChI is InChI=1S/C17H17N3OS/c1-10-4-5-14-12(7-10)13-8-11(9-15(13)19-14)18-17(21)20-16-3-2-6-22-16/h2-7,11,19H,8-9H2,1H3,(H2,18,20,21). The second kappa shape index (κ2) is 5.18. The van der Waals surface area contributed by atoms with Crippen molar-refractivity contribution in [1.29, 1.82) is 0 Å². The Labute approximate surface area is 132 Å². The Morgan fingerprint density at radius 1 is 1.32 bits per heavy atom. The molecule has 5 heteroatoms. The highest BCUT2D eigenvalue weighted by atomic mass is 32.1. The molecule has 1 aromatic carbocycles. The van der Waals surface area contributed by atoms with Crippen molar-refractivity contribution in [3.8, 4) is 0 Å². The van der Waals surface area contributed by atoms with Crippen LogP contribution in [0.3, 0.4) is 0 Å². The Balaban J connectivity index is 1.48. The number of hydrogen-bond acceptors (Lipinski definition) is 2. The van der Waals surface area contributed by atoms with Crippen LogP contribution in [0.25, 0.3) is 10.9 Å². The molecule has 4 rings (SSSR count). The highest BCUT2D eigenvalue weighted by molar-refractivity contribution is 7.14. The number of urea groups is 1. The van der Waals surface area contributed by atoms with Gasteiger partial charge < -0.3 is 10.3 Å². The number of anilines is 1. The summed E-state index contributed by atoms with van der Waals surface area (Å²) < 4.78 is 0. The molecule has 1 aliphatic rings. The van der Waals surface area contributed by atoms with E-state index < -0.39 is 0 Å². The Morgan fingerprint density at radius 2 is 2.23 bits per heavy atom. The molecular formula is C17H17N3OS. The minimum Gasteiger partial charge on any atom is -0.358 e. The molecule has 0 aliphatic heterocycles. The summed E-state index contributed by atoms with van der Waals surface area (Å²) in [5, 5.41) is 10.0. The number of rotatable bonds is 2. The molecule has 0 spiro atoms. The summed E-state index contributed by atoms with van der Waals surface area (Å²) in [7, 11) is 0. The molecule has 3 aromatic rings. The van der Waals surface area contributed by atoms with Gasteiger partial charge in [-0.2, -0.15) is 0 Å². The van der Waals surface area contributed by atoms with Crippen LogP contribution in [-0.4, -0.2) is 17.1 Å². The van der Waals surface area contributed by atoms with Crippen LogP contribution in [0.15, 0.2) is 35.7 Å². The monoisotopic (exact) mass is 311 g/mol. The van der Waals surface area contributed by atoms with Crippen LogP contribution >= 0.6 is 11.3 Å². The van der Waals surface area contributed by atoms with Crippen molar-refractivity contribution in [2.75, 3.05) is 5.32 Å². The number of aromatic amines is 1. The predicted octanol–water partition coefficient (Wildman–Crippen LogP) is 3.83. The lowest BCUT2D eigenvalue weighted by molar-refractivity contribution is 0.249. The molecule has 0 saturated carbocycles. The SMILES string of the molecule is Cc1ccc2[nH]c3c(c2c1)CC(NC(=O)Nc1cccs1)C3. The number of fused-ring (bicyclic) bond motifs is 3. The summed E-state index contributed by atoms with van der Waals surface area (Å²) in [5.74, 6) is 0. The molecular weight excluding hydrogens is 294 g/mol. The van der Waals surface area contributed by atoms with Gasteiger partial charge in [-0.05, 0) is 48.6 Å². The Morgan fingerprint density at radius 3 is 3.05 bits per heavy atom. The number of carbonyl (C=O) groups excluding carboxylic acids is 1. The van der Waals surface area contributed by atoms with Crippen LogP contribution in [0, 0.1) is 6.92 Å². The van der Waals surface area contributed by atoms with Crippen molar-refractivity contribution < 1.29 is 4.79 Å². The van der Waals surface area contributed by atoms with Gasteiger partial charge in [-0.15, -0.1) is 11.3 Å². The van der Waals surface area contributed by atoms with E-state index in [1.165, 1.54) is 39.1 Å². The van der Waals surface area contributed by atoms with Crippen molar-refractivity contribution in [3.05, 3.63) is 52.5 Å². The normalized spacial score (nSPS) is 16.7. The molecule has 2 aromatic heterocycles. The lowest BCUT2D eigenvalue weighted by atomic mass is 10.1. The molecule has 3 N–H and O–H groups in total. The lowest BCUT2D eigenvalue weighted by Crippen LogP contribution is -2.38. The van der Waals surface area contributed by atoms with Gasteiger partial charge in [0.1, 0.15) is 0 Å². The first-order valence-electron chi connectivity index (χ1n) is 7.40. The maximum absolute atomic E-state index is 12.0.